The van der Waals surface area contributed by atoms with Crippen LogP contribution >= 0.6 is 0 Å². The highest BCUT2D eigenvalue weighted by Gasteiger charge is 2.33. The Hall–Kier alpha value is -1.94. The summed E-state index contributed by atoms with van der Waals surface area (Å²) in [4.78, 5) is 16.1. The van der Waals surface area contributed by atoms with E-state index in [2.05, 4.69) is 36.2 Å². The van der Waals surface area contributed by atoms with Crippen LogP contribution in [0.15, 0.2) is 43.0 Å². The lowest BCUT2D eigenvalue weighted by atomic mass is 9.81. The van der Waals surface area contributed by atoms with Gasteiger partial charge >= 0.3 is 0 Å². The number of aryl methyl sites for hydroxylation is 2. The van der Waals surface area contributed by atoms with E-state index >= 15 is 0 Å². The van der Waals surface area contributed by atoms with Gasteiger partial charge in [-0.15, -0.1) is 0 Å². The minimum absolute atomic E-state index is 0.00502. The summed E-state index contributed by atoms with van der Waals surface area (Å²) in [6.07, 6.45) is 6.08. The zero-order valence-corrected chi connectivity index (χ0v) is 13.5. The van der Waals surface area contributed by atoms with Crippen molar-refractivity contribution in [2.24, 2.45) is 5.92 Å². The van der Waals surface area contributed by atoms with Gasteiger partial charge < -0.3 is 5.11 Å². The van der Waals surface area contributed by atoms with Crippen LogP contribution in [0.2, 0.25) is 0 Å². The van der Waals surface area contributed by atoms with Crippen LogP contribution in [0.4, 0.5) is 0 Å². The van der Waals surface area contributed by atoms with Crippen LogP contribution in [0.1, 0.15) is 42.6 Å². The van der Waals surface area contributed by atoms with Crippen molar-refractivity contribution in [2.45, 2.75) is 45.6 Å². The smallest absolute Gasteiger partial charge is 0.234 e. The summed E-state index contributed by atoms with van der Waals surface area (Å²) in [5.41, 5.74) is 1.39. The number of aromatic nitrogens is 2. The lowest BCUT2D eigenvalue weighted by molar-refractivity contribution is -0.0173. The Morgan fingerprint density at radius 3 is 2.55 bits per heavy atom. The Bertz CT molecular complexity index is 603. The average Bonchev–Trinajstić information content (AvgIpc) is 3.01. The van der Waals surface area contributed by atoms with Crippen molar-refractivity contribution in [3.63, 3.8) is 0 Å². The highest BCUT2D eigenvalue weighted by Crippen LogP contribution is 2.28. The van der Waals surface area contributed by atoms with Crippen LogP contribution in [-0.2, 0) is 6.42 Å². The molecule has 1 unspecified atom stereocenters. The van der Waals surface area contributed by atoms with Gasteiger partial charge in [0, 0.05) is 12.4 Å². The third-order valence-corrected chi connectivity index (χ3v) is 4.29. The molecule has 1 heterocycles. The summed E-state index contributed by atoms with van der Waals surface area (Å²) >= 11 is 0. The number of rotatable bonds is 6. The van der Waals surface area contributed by atoms with Crippen LogP contribution in [-0.4, -0.2) is 26.2 Å². The van der Waals surface area contributed by atoms with Gasteiger partial charge in [-0.05, 0) is 31.2 Å². The number of benzene rings is 1. The third kappa shape index (κ3) is 4.04. The molecule has 0 saturated heterocycles. The molecule has 0 aliphatic carbocycles. The van der Waals surface area contributed by atoms with Crippen LogP contribution in [0.5, 0.6) is 0 Å². The minimum atomic E-state index is -1.01. The molecule has 0 bridgehead atoms. The molecule has 1 atom stereocenters. The average molecular weight is 300 g/mol. The fourth-order valence-electron chi connectivity index (χ4n) is 2.46. The van der Waals surface area contributed by atoms with E-state index in [1.807, 2.05) is 13.8 Å². The summed E-state index contributed by atoms with van der Waals surface area (Å²) in [5.74, 6) is -0.122. The van der Waals surface area contributed by atoms with Crippen LogP contribution < -0.4 is 0 Å². The fraction of sp³-hybridized carbons (Fsp3) is 0.444. The molecule has 0 saturated carbocycles. The summed E-state index contributed by atoms with van der Waals surface area (Å²) in [6.45, 7) is 5.96. The molecule has 118 valence electrons. The molecule has 0 radical (unpaired) electrons. The van der Waals surface area contributed by atoms with E-state index in [1.54, 1.807) is 12.4 Å². The second kappa shape index (κ2) is 6.88. The normalized spacial score (nSPS) is 14.0. The summed E-state index contributed by atoms with van der Waals surface area (Å²) in [7, 11) is 0. The molecule has 22 heavy (non-hydrogen) atoms. The lowest BCUT2D eigenvalue weighted by Crippen LogP contribution is -2.39. The van der Waals surface area contributed by atoms with E-state index in [4.69, 9.17) is 0 Å². The molecule has 0 aliphatic heterocycles. The van der Waals surface area contributed by atoms with Gasteiger partial charge in [-0.1, -0.05) is 43.7 Å². The number of carbonyl (C=O) groups excluding carboxylic acids is 1. The standard InChI is InChI=1S/C18H24N2O2/c1-14(2)18(22,12-17(21)20-11-10-19-13-20)9-8-16-6-4-15(3)5-7-16/h4-7,10-11,13-14,22H,8-9,12H2,1-3H3. The zero-order chi connectivity index (χ0) is 16.2. The quantitative estimate of drug-likeness (QED) is 0.891. The second-order valence-corrected chi connectivity index (χ2v) is 6.28. The van der Waals surface area contributed by atoms with Crippen molar-refractivity contribution in [2.75, 3.05) is 0 Å². The van der Waals surface area contributed by atoms with Gasteiger partial charge in [0.2, 0.25) is 5.91 Å². The predicted octanol–water partition coefficient (Wildman–Crippen LogP) is 3.24. The van der Waals surface area contributed by atoms with Gasteiger partial charge in [-0.25, -0.2) is 4.98 Å². The van der Waals surface area contributed by atoms with Gasteiger partial charge in [0.25, 0.3) is 0 Å². The van der Waals surface area contributed by atoms with Crippen molar-refractivity contribution < 1.29 is 9.90 Å². The summed E-state index contributed by atoms with van der Waals surface area (Å²) < 4.78 is 1.43. The van der Waals surface area contributed by atoms with Crippen molar-refractivity contribution in [3.05, 3.63) is 54.1 Å². The lowest BCUT2D eigenvalue weighted by Gasteiger charge is -2.31. The van der Waals surface area contributed by atoms with Crippen LogP contribution in [0, 0.1) is 12.8 Å². The molecule has 2 aromatic rings. The van der Waals surface area contributed by atoms with E-state index in [1.165, 1.54) is 22.0 Å². The van der Waals surface area contributed by atoms with Crippen molar-refractivity contribution >= 4 is 5.91 Å². The molecule has 0 aliphatic rings. The zero-order valence-electron chi connectivity index (χ0n) is 13.5. The maximum Gasteiger partial charge on any atom is 0.234 e. The minimum Gasteiger partial charge on any atom is -0.389 e. The number of carbonyl (C=O) groups is 1. The number of imidazole rings is 1. The fourth-order valence-corrected chi connectivity index (χ4v) is 2.46. The Kier molecular flexibility index (Phi) is 5.14. The largest absolute Gasteiger partial charge is 0.389 e. The first-order chi connectivity index (χ1) is 10.4. The Labute approximate surface area is 131 Å². The molecular formula is C18H24N2O2. The molecule has 0 amide bonds. The second-order valence-electron chi connectivity index (χ2n) is 6.28. The van der Waals surface area contributed by atoms with E-state index in [0.717, 1.165) is 6.42 Å². The maximum atomic E-state index is 12.2. The first-order valence-corrected chi connectivity index (χ1v) is 7.70. The Morgan fingerprint density at radius 2 is 2.00 bits per heavy atom. The molecule has 1 aromatic carbocycles. The molecule has 1 aromatic heterocycles. The predicted molar refractivity (Wildman–Crippen MR) is 86.8 cm³/mol. The number of aliphatic hydroxyl groups is 1. The molecule has 2 rings (SSSR count). The van der Waals surface area contributed by atoms with E-state index in [9.17, 15) is 9.90 Å². The first kappa shape index (κ1) is 16.4. The van der Waals surface area contributed by atoms with Crippen LogP contribution in [0.3, 0.4) is 0 Å². The molecule has 0 spiro atoms. The summed E-state index contributed by atoms with van der Waals surface area (Å²) in [5, 5.41) is 10.9. The van der Waals surface area contributed by atoms with Crippen molar-refractivity contribution in [1.82, 2.24) is 9.55 Å². The van der Waals surface area contributed by atoms with E-state index in [-0.39, 0.29) is 18.2 Å². The van der Waals surface area contributed by atoms with E-state index < -0.39 is 5.60 Å². The Morgan fingerprint density at radius 1 is 1.32 bits per heavy atom. The number of nitrogens with zero attached hydrogens (tertiary/aromatic N) is 2. The highest BCUT2D eigenvalue weighted by molar-refractivity contribution is 5.79. The molecule has 1 N–H and O–H groups in total. The maximum absolute atomic E-state index is 12.2. The van der Waals surface area contributed by atoms with Gasteiger partial charge in [0.05, 0.1) is 12.0 Å². The molecule has 0 fully saturated rings. The Balaban J connectivity index is 2.04. The third-order valence-electron chi connectivity index (χ3n) is 4.29. The van der Waals surface area contributed by atoms with Crippen molar-refractivity contribution in [1.29, 1.82) is 0 Å². The van der Waals surface area contributed by atoms with Gasteiger partial charge in [-0.2, -0.15) is 0 Å². The highest BCUT2D eigenvalue weighted by atomic mass is 16.3. The number of hydrogen-bond acceptors (Lipinski definition) is 3. The summed E-state index contributed by atoms with van der Waals surface area (Å²) in [6, 6.07) is 8.29. The monoisotopic (exact) mass is 300 g/mol. The topological polar surface area (TPSA) is 55.1 Å². The first-order valence-electron chi connectivity index (χ1n) is 7.70. The number of hydrogen-bond donors (Lipinski definition) is 1. The van der Waals surface area contributed by atoms with E-state index in [0.29, 0.717) is 6.42 Å². The van der Waals surface area contributed by atoms with Gasteiger partial charge in [0.15, 0.2) is 0 Å². The SMILES string of the molecule is Cc1ccc(CCC(O)(CC(=O)n2ccnc2)C(C)C)cc1. The molecule has 4 nitrogen and oxygen atoms in total. The van der Waals surface area contributed by atoms with Gasteiger partial charge in [-0.3, -0.25) is 9.36 Å². The van der Waals surface area contributed by atoms with Crippen LogP contribution in [0.25, 0.3) is 0 Å². The van der Waals surface area contributed by atoms with Gasteiger partial charge in [0.1, 0.15) is 6.33 Å². The molecular weight excluding hydrogens is 276 g/mol. The van der Waals surface area contributed by atoms with Crippen molar-refractivity contribution in [3.8, 4) is 0 Å². The molecule has 4 heteroatoms.